The van der Waals surface area contributed by atoms with Gasteiger partial charge in [0.25, 0.3) is 0 Å². The predicted molar refractivity (Wildman–Crippen MR) is 103 cm³/mol. The first-order valence-electron chi connectivity index (χ1n) is 9.26. The average molecular weight is 369 g/mol. The van der Waals surface area contributed by atoms with Gasteiger partial charge in [-0.3, -0.25) is 4.79 Å². The predicted octanol–water partition coefficient (Wildman–Crippen LogP) is 3.33. The fraction of sp³-hybridized carbons (Fsp3) is 0.429. The maximum absolute atomic E-state index is 13.2. The molecule has 1 N–H and O–H groups in total. The van der Waals surface area contributed by atoms with Crippen molar-refractivity contribution in [1.82, 2.24) is 14.8 Å². The molecule has 0 fully saturated rings. The summed E-state index contributed by atoms with van der Waals surface area (Å²) in [4.78, 5) is 27.1. The highest BCUT2D eigenvalue weighted by molar-refractivity contribution is 5.86. The van der Waals surface area contributed by atoms with Crippen molar-refractivity contribution >= 4 is 12.0 Å². The molecule has 2 aromatic rings. The average Bonchev–Trinajstić information content (AvgIpc) is 3.07. The third-order valence-electron chi connectivity index (χ3n) is 4.54. The van der Waals surface area contributed by atoms with Gasteiger partial charge in [-0.05, 0) is 45.4 Å². The standard InChI is InChI=1S/C21H27N3O3/c1-15(22-20(26)27-21(2,3)4)19(25)24-14-13-23-12-8-11-17(23)18(24)16-9-6-5-7-10-16/h5-12,15,18H,13-14H2,1-4H3,(H,22,26). The second-order valence-corrected chi connectivity index (χ2v) is 7.84. The number of ether oxygens (including phenoxy) is 1. The van der Waals surface area contributed by atoms with Crippen molar-refractivity contribution in [2.75, 3.05) is 6.54 Å². The van der Waals surface area contributed by atoms with E-state index in [2.05, 4.69) is 9.88 Å². The number of carbonyl (C=O) groups is 2. The summed E-state index contributed by atoms with van der Waals surface area (Å²) in [7, 11) is 0. The van der Waals surface area contributed by atoms with E-state index in [0.29, 0.717) is 6.54 Å². The first kappa shape index (κ1) is 19.0. The van der Waals surface area contributed by atoms with Crippen LogP contribution in [0.1, 0.15) is 45.0 Å². The van der Waals surface area contributed by atoms with Gasteiger partial charge in [0, 0.05) is 25.0 Å². The van der Waals surface area contributed by atoms with Gasteiger partial charge in [-0.2, -0.15) is 0 Å². The Kier molecular flexibility index (Phi) is 5.26. The van der Waals surface area contributed by atoms with Crippen LogP contribution in [-0.4, -0.2) is 39.7 Å². The minimum absolute atomic E-state index is 0.123. The van der Waals surface area contributed by atoms with E-state index in [0.717, 1.165) is 17.8 Å². The molecule has 0 radical (unpaired) electrons. The number of hydrogen-bond donors (Lipinski definition) is 1. The molecule has 0 saturated heterocycles. The van der Waals surface area contributed by atoms with Crippen molar-refractivity contribution in [1.29, 1.82) is 0 Å². The lowest BCUT2D eigenvalue weighted by molar-refractivity contribution is -0.135. The SMILES string of the molecule is CC(NC(=O)OC(C)(C)C)C(=O)N1CCn2cccc2C1c1ccccc1. The van der Waals surface area contributed by atoms with Crippen molar-refractivity contribution in [3.63, 3.8) is 0 Å². The molecule has 144 valence electrons. The minimum atomic E-state index is -0.674. The largest absolute Gasteiger partial charge is 0.444 e. The summed E-state index contributed by atoms with van der Waals surface area (Å²) in [6.45, 7) is 8.40. The van der Waals surface area contributed by atoms with E-state index in [4.69, 9.17) is 4.74 Å². The van der Waals surface area contributed by atoms with Gasteiger partial charge in [0.15, 0.2) is 0 Å². The molecule has 1 aliphatic heterocycles. The quantitative estimate of drug-likeness (QED) is 0.903. The van der Waals surface area contributed by atoms with Crippen molar-refractivity contribution in [3.05, 3.63) is 59.9 Å². The van der Waals surface area contributed by atoms with Crippen molar-refractivity contribution in [2.45, 2.75) is 51.9 Å². The molecule has 1 aliphatic rings. The third kappa shape index (κ3) is 4.32. The van der Waals surface area contributed by atoms with E-state index in [1.54, 1.807) is 27.7 Å². The zero-order valence-corrected chi connectivity index (χ0v) is 16.3. The summed E-state index contributed by atoms with van der Waals surface area (Å²) in [5.41, 5.74) is 1.52. The molecule has 6 heteroatoms. The Balaban J connectivity index is 1.81. The second kappa shape index (κ2) is 7.47. The third-order valence-corrected chi connectivity index (χ3v) is 4.54. The van der Waals surface area contributed by atoms with E-state index >= 15 is 0 Å². The summed E-state index contributed by atoms with van der Waals surface area (Å²) in [5, 5.41) is 2.66. The number of fused-ring (bicyclic) bond motifs is 1. The number of nitrogens with zero attached hydrogens (tertiary/aromatic N) is 2. The Hall–Kier alpha value is -2.76. The van der Waals surface area contributed by atoms with E-state index in [1.165, 1.54) is 0 Å². The van der Waals surface area contributed by atoms with E-state index in [9.17, 15) is 9.59 Å². The van der Waals surface area contributed by atoms with Gasteiger partial charge in [-0.15, -0.1) is 0 Å². The molecule has 0 bridgehead atoms. The molecule has 0 aliphatic carbocycles. The monoisotopic (exact) mass is 369 g/mol. The molecular formula is C21H27N3O3. The lowest BCUT2D eigenvalue weighted by atomic mass is 9.99. The molecule has 1 aromatic carbocycles. The molecule has 0 saturated carbocycles. The zero-order chi connectivity index (χ0) is 19.6. The fourth-order valence-electron chi connectivity index (χ4n) is 3.40. The van der Waals surface area contributed by atoms with Crippen LogP contribution >= 0.6 is 0 Å². The molecule has 2 unspecified atom stereocenters. The summed E-state index contributed by atoms with van der Waals surface area (Å²) in [6.07, 6.45) is 1.45. The van der Waals surface area contributed by atoms with Crippen LogP contribution in [0.25, 0.3) is 0 Å². The molecule has 2 atom stereocenters. The normalized spacial score (nSPS) is 17.8. The first-order valence-corrected chi connectivity index (χ1v) is 9.26. The number of amides is 2. The van der Waals surface area contributed by atoms with Crippen molar-refractivity contribution in [2.24, 2.45) is 0 Å². The van der Waals surface area contributed by atoms with Crippen LogP contribution in [0.15, 0.2) is 48.7 Å². The summed E-state index contributed by atoms with van der Waals surface area (Å²) < 4.78 is 7.45. The number of carbonyl (C=O) groups excluding carboxylic acids is 2. The highest BCUT2D eigenvalue weighted by Crippen LogP contribution is 2.32. The smallest absolute Gasteiger partial charge is 0.408 e. The van der Waals surface area contributed by atoms with Crippen LogP contribution in [0.3, 0.4) is 0 Å². The second-order valence-electron chi connectivity index (χ2n) is 7.84. The number of alkyl carbamates (subject to hydrolysis) is 1. The molecule has 2 heterocycles. The summed E-state index contributed by atoms with van der Waals surface area (Å²) in [6, 6.07) is 13.2. The van der Waals surface area contributed by atoms with Crippen LogP contribution in [0.4, 0.5) is 4.79 Å². The Morgan fingerprint density at radius 3 is 2.48 bits per heavy atom. The molecule has 3 rings (SSSR count). The molecule has 6 nitrogen and oxygen atoms in total. The van der Waals surface area contributed by atoms with Gasteiger partial charge in [0.1, 0.15) is 11.6 Å². The van der Waals surface area contributed by atoms with Crippen molar-refractivity contribution < 1.29 is 14.3 Å². The fourth-order valence-corrected chi connectivity index (χ4v) is 3.40. The first-order chi connectivity index (χ1) is 12.8. The number of hydrogen-bond acceptors (Lipinski definition) is 3. The van der Waals surface area contributed by atoms with Gasteiger partial charge >= 0.3 is 6.09 Å². The van der Waals surface area contributed by atoms with Gasteiger partial charge < -0.3 is 19.5 Å². The molecular weight excluding hydrogens is 342 g/mol. The Bertz CT molecular complexity index is 808. The van der Waals surface area contributed by atoms with Gasteiger partial charge in [0.2, 0.25) is 5.91 Å². The minimum Gasteiger partial charge on any atom is -0.444 e. The number of rotatable bonds is 3. The topological polar surface area (TPSA) is 63.6 Å². The lowest BCUT2D eigenvalue weighted by Gasteiger charge is -2.38. The Morgan fingerprint density at radius 1 is 1.11 bits per heavy atom. The van der Waals surface area contributed by atoms with Gasteiger partial charge in [0.05, 0.1) is 6.04 Å². The van der Waals surface area contributed by atoms with Crippen LogP contribution in [0, 0.1) is 0 Å². The Morgan fingerprint density at radius 2 is 1.81 bits per heavy atom. The number of benzene rings is 1. The van der Waals surface area contributed by atoms with E-state index in [-0.39, 0.29) is 11.9 Å². The van der Waals surface area contributed by atoms with Crippen LogP contribution in [-0.2, 0) is 16.1 Å². The van der Waals surface area contributed by atoms with E-state index < -0.39 is 17.7 Å². The molecule has 27 heavy (non-hydrogen) atoms. The van der Waals surface area contributed by atoms with Gasteiger partial charge in [-0.25, -0.2) is 4.79 Å². The highest BCUT2D eigenvalue weighted by atomic mass is 16.6. The van der Waals surface area contributed by atoms with Crippen molar-refractivity contribution in [3.8, 4) is 0 Å². The van der Waals surface area contributed by atoms with Crippen LogP contribution < -0.4 is 5.32 Å². The zero-order valence-electron chi connectivity index (χ0n) is 16.3. The number of aromatic nitrogens is 1. The molecule has 0 spiro atoms. The highest BCUT2D eigenvalue weighted by Gasteiger charge is 2.34. The maximum Gasteiger partial charge on any atom is 0.408 e. The van der Waals surface area contributed by atoms with Gasteiger partial charge in [-0.1, -0.05) is 30.3 Å². The lowest BCUT2D eigenvalue weighted by Crippen LogP contribution is -2.51. The van der Waals surface area contributed by atoms with E-state index in [1.807, 2.05) is 53.6 Å². The maximum atomic E-state index is 13.2. The Labute approximate surface area is 160 Å². The molecule has 1 aromatic heterocycles. The molecule has 2 amide bonds. The summed E-state index contributed by atoms with van der Waals surface area (Å²) in [5.74, 6) is -0.123. The summed E-state index contributed by atoms with van der Waals surface area (Å²) >= 11 is 0. The van der Waals surface area contributed by atoms with Crippen LogP contribution in [0.2, 0.25) is 0 Å². The van der Waals surface area contributed by atoms with Crippen LogP contribution in [0.5, 0.6) is 0 Å². The number of nitrogens with one attached hydrogen (secondary N) is 1.